The predicted molar refractivity (Wildman–Crippen MR) is 120 cm³/mol. The molecule has 0 saturated heterocycles. The Hall–Kier alpha value is -3.19. The maximum Gasteiger partial charge on any atom is 0.264 e. The van der Waals surface area contributed by atoms with Crippen molar-refractivity contribution in [1.82, 2.24) is 5.32 Å². The van der Waals surface area contributed by atoms with Crippen LogP contribution in [0.4, 0.5) is 10.1 Å². The molecule has 0 aromatic heterocycles. The van der Waals surface area contributed by atoms with E-state index in [1.165, 1.54) is 24.3 Å². The minimum Gasteiger partial charge on any atom is -0.348 e. The van der Waals surface area contributed by atoms with E-state index in [4.69, 9.17) is 0 Å². The summed E-state index contributed by atoms with van der Waals surface area (Å²) < 4.78 is 41.1. The number of anilines is 1. The number of halogens is 1. The number of carbonyl (C=O) groups excluding carboxylic acids is 1. The summed E-state index contributed by atoms with van der Waals surface area (Å²) in [6, 6.07) is 18.8. The molecular formula is C24H25FN2O3S. The maximum atomic E-state index is 13.4. The van der Waals surface area contributed by atoms with E-state index >= 15 is 0 Å². The first-order chi connectivity index (χ1) is 14.7. The van der Waals surface area contributed by atoms with Crippen LogP contribution < -0.4 is 9.62 Å². The van der Waals surface area contributed by atoms with Crippen LogP contribution in [0.1, 0.15) is 29.7 Å². The summed E-state index contributed by atoms with van der Waals surface area (Å²) in [6.45, 7) is 5.13. The number of nitrogens with one attached hydrogen (secondary N) is 1. The van der Waals surface area contributed by atoms with Crippen molar-refractivity contribution in [2.45, 2.75) is 31.7 Å². The molecule has 5 nitrogen and oxygen atoms in total. The summed E-state index contributed by atoms with van der Waals surface area (Å²) in [6.07, 6.45) is 0. The van der Waals surface area contributed by atoms with Crippen LogP contribution in [0.2, 0.25) is 0 Å². The molecule has 0 bridgehead atoms. The van der Waals surface area contributed by atoms with Gasteiger partial charge in [-0.25, -0.2) is 12.8 Å². The zero-order chi connectivity index (χ0) is 22.6. The summed E-state index contributed by atoms with van der Waals surface area (Å²) in [4.78, 5) is 12.9. The van der Waals surface area contributed by atoms with Gasteiger partial charge in [-0.05, 0) is 73.9 Å². The van der Waals surface area contributed by atoms with Gasteiger partial charge >= 0.3 is 0 Å². The second-order valence-electron chi connectivity index (χ2n) is 7.51. The van der Waals surface area contributed by atoms with E-state index in [0.717, 1.165) is 21.0 Å². The maximum absolute atomic E-state index is 13.4. The number of aryl methyl sites for hydroxylation is 2. The zero-order valence-corrected chi connectivity index (χ0v) is 18.5. The van der Waals surface area contributed by atoms with E-state index < -0.39 is 22.0 Å². The number of hydrogen-bond donors (Lipinski definition) is 1. The second kappa shape index (κ2) is 9.31. The highest BCUT2D eigenvalue weighted by Gasteiger charge is 2.28. The molecule has 0 aliphatic heterocycles. The summed E-state index contributed by atoms with van der Waals surface area (Å²) in [5.74, 6) is -0.826. The van der Waals surface area contributed by atoms with Crippen LogP contribution in [0.3, 0.4) is 0 Å². The Bertz CT molecular complexity index is 1140. The van der Waals surface area contributed by atoms with Gasteiger partial charge < -0.3 is 5.32 Å². The van der Waals surface area contributed by atoms with Crippen molar-refractivity contribution < 1.29 is 17.6 Å². The van der Waals surface area contributed by atoms with Crippen LogP contribution in [0.5, 0.6) is 0 Å². The highest BCUT2D eigenvalue weighted by molar-refractivity contribution is 7.92. The van der Waals surface area contributed by atoms with Crippen LogP contribution in [-0.2, 0) is 14.8 Å². The average Bonchev–Trinajstić information content (AvgIpc) is 2.72. The summed E-state index contributed by atoms with van der Waals surface area (Å²) in [5, 5.41) is 2.80. The Morgan fingerprint density at radius 1 is 0.968 bits per heavy atom. The number of hydrogen-bond acceptors (Lipinski definition) is 3. The number of benzene rings is 3. The number of sulfonamides is 1. The zero-order valence-electron chi connectivity index (χ0n) is 17.7. The lowest BCUT2D eigenvalue weighted by atomic mass is 10.1. The molecule has 0 unspecified atom stereocenters. The van der Waals surface area contributed by atoms with Crippen LogP contribution >= 0.6 is 0 Å². The first kappa shape index (κ1) is 22.5. The van der Waals surface area contributed by atoms with E-state index in [1.807, 2.05) is 19.9 Å². The minimum atomic E-state index is -3.97. The molecule has 3 rings (SSSR count). The third kappa shape index (κ3) is 5.49. The lowest BCUT2D eigenvalue weighted by Crippen LogP contribution is -2.41. The third-order valence-corrected chi connectivity index (χ3v) is 6.65. The van der Waals surface area contributed by atoms with Gasteiger partial charge in [-0.3, -0.25) is 9.10 Å². The Morgan fingerprint density at radius 2 is 1.55 bits per heavy atom. The Kier molecular flexibility index (Phi) is 6.75. The molecular weight excluding hydrogens is 415 g/mol. The standard InChI is InChI=1S/C24H25FN2O3S/c1-17-13-18(2)15-22(14-17)27(31(29,30)23-7-5-4-6-8-23)16-24(28)26-19(3)20-9-11-21(25)12-10-20/h4-15,19H,16H2,1-3H3,(H,26,28)/t19-/m1/s1. The Labute approximate surface area is 182 Å². The largest absolute Gasteiger partial charge is 0.348 e. The molecule has 0 aliphatic rings. The molecule has 0 radical (unpaired) electrons. The topological polar surface area (TPSA) is 66.5 Å². The highest BCUT2D eigenvalue weighted by Crippen LogP contribution is 2.26. The summed E-state index contributed by atoms with van der Waals surface area (Å²) >= 11 is 0. The highest BCUT2D eigenvalue weighted by atomic mass is 32.2. The summed E-state index contributed by atoms with van der Waals surface area (Å²) in [7, 11) is -3.97. The molecule has 3 aromatic rings. The molecule has 1 N–H and O–H groups in total. The molecule has 0 saturated carbocycles. The number of carbonyl (C=O) groups is 1. The quantitative estimate of drug-likeness (QED) is 0.588. The van der Waals surface area contributed by atoms with Gasteiger partial charge in [-0.1, -0.05) is 36.4 Å². The van der Waals surface area contributed by atoms with Crippen molar-refractivity contribution in [2.24, 2.45) is 0 Å². The lowest BCUT2D eigenvalue weighted by Gasteiger charge is -2.26. The van der Waals surface area contributed by atoms with Crippen molar-refractivity contribution >= 4 is 21.6 Å². The van der Waals surface area contributed by atoms with E-state index in [1.54, 1.807) is 49.4 Å². The fourth-order valence-corrected chi connectivity index (χ4v) is 4.81. The van der Waals surface area contributed by atoms with Gasteiger partial charge in [0.2, 0.25) is 5.91 Å². The first-order valence-corrected chi connectivity index (χ1v) is 11.3. The van der Waals surface area contributed by atoms with Crippen LogP contribution in [0.15, 0.2) is 77.7 Å². The molecule has 31 heavy (non-hydrogen) atoms. The number of rotatable bonds is 7. The van der Waals surface area contributed by atoms with Crippen molar-refractivity contribution in [3.05, 3.63) is 95.3 Å². The van der Waals surface area contributed by atoms with Crippen molar-refractivity contribution in [3.8, 4) is 0 Å². The lowest BCUT2D eigenvalue weighted by molar-refractivity contribution is -0.120. The van der Waals surface area contributed by atoms with Gasteiger partial charge in [0.1, 0.15) is 12.4 Å². The Morgan fingerprint density at radius 3 is 2.13 bits per heavy atom. The van der Waals surface area contributed by atoms with E-state index in [-0.39, 0.29) is 17.3 Å². The smallest absolute Gasteiger partial charge is 0.264 e. The van der Waals surface area contributed by atoms with Gasteiger partial charge in [0.15, 0.2) is 0 Å². The second-order valence-corrected chi connectivity index (χ2v) is 9.37. The van der Waals surface area contributed by atoms with Crippen LogP contribution in [0, 0.1) is 19.7 Å². The molecule has 0 fully saturated rings. The first-order valence-electron chi connectivity index (χ1n) is 9.88. The monoisotopic (exact) mass is 440 g/mol. The number of amides is 1. The minimum absolute atomic E-state index is 0.105. The van der Waals surface area contributed by atoms with Gasteiger partial charge in [0, 0.05) is 0 Å². The molecule has 3 aromatic carbocycles. The van der Waals surface area contributed by atoms with Crippen LogP contribution in [0.25, 0.3) is 0 Å². The molecule has 0 aliphatic carbocycles. The molecule has 0 spiro atoms. The van der Waals surface area contributed by atoms with Gasteiger partial charge in [0.05, 0.1) is 16.6 Å². The average molecular weight is 441 g/mol. The molecule has 0 heterocycles. The Balaban J connectivity index is 1.91. The van der Waals surface area contributed by atoms with Gasteiger partial charge in [0.25, 0.3) is 10.0 Å². The normalized spacial score (nSPS) is 12.3. The van der Waals surface area contributed by atoms with Gasteiger partial charge in [-0.2, -0.15) is 0 Å². The molecule has 1 amide bonds. The van der Waals surface area contributed by atoms with Gasteiger partial charge in [-0.15, -0.1) is 0 Å². The summed E-state index contributed by atoms with van der Waals surface area (Å²) in [5.41, 5.74) is 2.93. The SMILES string of the molecule is Cc1cc(C)cc(N(CC(=O)N[C@H](C)c2ccc(F)cc2)S(=O)(=O)c2ccccc2)c1. The molecule has 7 heteroatoms. The fourth-order valence-electron chi connectivity index (χ4n) is 3.38. The fraction of sp³-hybridized carbons (Fsp3) is 0.208. The van der Waals surface area contributed by atoms with E-state index in [2.05, 4.69) is 5.32 Å². The van der Waals surface area contributed by atoms with E-state index in [9.17, 15) is 17.6 Å². The van der Waals surface area contributed by atoms with Crippen LogP contribution in [-0.4, -0.2) is 20.9 Å². The number of nitrogens with zero attached hydrogens (tertiary/aromatic N) is 1. The van der Waals surface area contributed by atoms with Crippen molar-refractivity contribution in [3.63, 3.8) is 0 Å². The predicted octanol–water partition coefficient (Wildman–Crippen LogP) is 4.52. The molecule has 1 atom stereocenters. The molecule has 162 valence electrons. The van der Waals surface area contributed by atoms with Crippen molar-refractivity contribution in [2.75, 3.05) is 10.8 Å². The van der Waals surface area contributed by atoms with Crippen molar-refractivity contribution in [1.29, 1.82) is 0 Å². The van der Waals surface area contributed by atoms with E-state index in [0.29, 0.717) is 5.69 Å². The third-order valence-electron chi connectivity index (χ3n) is 4.86.